The molecule has 4 nitrogen and oxygen atoms in total. The lowest BCUT2D eigenvalue weighted by molar-refractivity contribution is -0.132. The molecule has 0 saturated carbocycles. The van der Waals surface area contributed by atoms with E-state index in [0.29, 0.717) is 25.7 Å². The van der Waals surface area contributed by atoms with Crippen LogP contribution < -0.4 is 10.6 Å². The topological polar surface area (TPSA) is 45.7 Å². The first-order valence-electron chi connectivity index (χ1n) is 8.10. The fraction of sp³-hybridized carbons (Fsp3) is 0.588. The molecular formula is C17H25F3IN3O. The predicted octanol–water partition coefficient (Wildman–Crippen LogP) is 3.47. The van der Waals surface area contributed by atoms with Crippen molar-refractivity contribution in [3.05, 3.63) is 35.9 Å². The molecule has 1 fully saturated rings. The van der Waals surface area contributed by atoms with E-state index in [4.69, 9.17) is 4.74 Å². The molecule has 1 aliphatic heterocycles. The van der Waals surface area contributed by atoms with E-state index in [-0.39, 0.29) is 35.9 Å². The highest BCUT2D eigenvalue weighted by Gasteiger charge is 2.34. The zero-order chi connectivity index (χ0) is 17.5. The first-order valence-corrected chi connectivity index (χ1v) is 8.10. The molecule has 1 saturated heterocycles. The Bertz CT molecular complexity index is 532. The Hall–Kier alpha value is -1.03. The van der Waals surface area contributed by atoms with E-state index in [1.54, 1.807) is 7.05 Å². The third-order valence-electron chi connectivity index (χ3n) is 4.35. The molecule has 1 aromatic carbocycles. The summed E-state index contributed by atoms with van der Waals surface area (Å²) in [5.41, 5.74) is 1.12. The van der Waals surface area contributed by atoms with Gasteiger partial charge in [-0.1, -0.05) is 30.3 Å². The molecule has 0 aliphatic carbocycles. The van der Waals surface area contributed by atoms with Gasteiger partial charge in [-0.2, -0.15) is 13.2 Å². The second-order valence-corrected chi connectivity index (χ2v) is 5.98. The predicted molar refractivity (Wildman–Crippen MR) is 104 cm³/mol. The lowest BCUT2D eigenvalue weighted by Gasteiger charge is -2.38. The molecule has 1 aliphatic rings. The Morgan fingerprint density at radius 2 is 1.80 bits per heavy atom. The average molecular weight is 471 g/mol. The van der Waals surface area contributed by atoms with Crippen molar-refractivity contribution >= 4 is 29.9 Å². The van der Waals surface area contributed by atoms with E-state index >= 15 is 0 Å². The second-order valence-electron chi connectivity index (χ2n) is 5.98. The Kier molecular flexibility index (Phi) is 8.98. The van der Waals surface area contributed by atoms with Crippen molar-refractivity contribution in [2.45, 2.75) is 30.9 Å². The summed E-state index contributed by atoms with van der Waals surface area (Å²) in [6.07, 6.45) is -3.32. The van der Waals surface area contributed by atoms with Crippen LogP contribution in [-0.2, 0) is 10.2 Å². The summed E-state index contributed by atoms with van der Waals surface area (Å²) >= 11 is 0. The second kappa shape index (κ2) is 10.2. The van der Waals surface area contributed by atoms with Crippen LogP contribution in [-0.4, -0.2) is 45.5 Å². The van der Waals surface area contributed by atoms with Crippen LogP contribution in [0.2, 0.25) is 0 Å². The van der Waals surface area contributed by atoms with E-state index < -0.39 is 12.6 Å². The van der Waals surface area contributed by atoms with Crippen molar-refractivity contribution < 1.29 is 17.9 Å². The molecule has 1 heterocycles. The average Bonchev–Trinajstić information content (AvgIpc) is 2.58. The molecule has 0 unspecified atom stereocenters. The highest BCUT2D eigenvalue weighted by atomic mass is 127. The molecule has 0 amide bonds. The number of ether oxygens (including phenoxy) is 1. The molecule has 2 rings (SSSR count). The minimum absolute atomic E-state index is 0. The van der Waals surface area contributed by atoms with Crippen molar-refractivity contribution in [2.75, 3.05) is 33.4 Å². The molecule has 0 radical (unpaired) electrons. The van der Waals surface area contributed by atoms with Gasteiger partial charge in [0.2, 0.25) is 0 Å². The minimum atomic E-state index is -4.17. The van der Waals surface area contributed by atoms with Gasteiger partial charge in [0.1, 0.15) is 0 Å². The van der Waals surface area contributed by atoms with Crippen molar-refractivity contribution in [2.24, 2.45) is 4.99 Å². The van der Waals surface area contributed by atoms with E-state index in [1.165, 1.54) is 5.56 Å². The number of nitrogens with one attached hydrogen (secondary N) is 2. The van der Waals surface area contributed by atoms with Gasteiger partial charge in [-0.05, 0) is 18.4 Å². The molecule has 0 bridgehead atoms. The molecule has 8 heteroatoms. The quantitative estimate of drug-likeness (QED) is 0.393. The molecule has 2 N–H and O–H groups in total. The maximum Gasteiger partial charge on any atom is 0.390 e. The van der Waals surface area contributed by atoms with Gasteiger partial charge in [-0.25, -0.2) is 0 Å². The third-order valence-corrected chi connectivity index (χ3v) is 4.35. The number of guanidine groups is 1. The van der Waals surface area contributed by atoms with E-state index in [2.05, 4.69) is 27.8 Å². The smallest absolute Gasteiger partial charge is 0.381 e. The van der Waals surface area contributed by atoms with Crippen LogP contribution in [0.1, 0.15) is 24.8 Å². The molecule has 1 aromatic rings. The Morgan fingerprint density at radius 3 is 2.36 bits per heavy atom. The van der Waals surface area contributed by atoms with Crippen molar-refractivity contribution in [1.82, 2.24) is 10.6 Å². The lowest BCUT2D eigenvalue weighted by atomic mass is 9.74. The number of alkyl halides is 3. The summed E-state index contributed by atoms with van der Waals surface area (Å²) in [5.74, 6) is 0.390. The standard InChI is InChI=1S/C17H24F3N3O.HI/c1-21-15(22-10-7-17(18,19)20)23-13-16(8-11-24-12-9-16)14-5-3-2-4-6-14;/h2-6H,7-13H2,1H3,(H2,21,22,23);1H. The van der Waals surface area contributed by atoms with Gasteiger partial charge in [0.15, 0.2) is 5.96 Å². The lowest BCUT2D eigenvalue weighted by Crippen LogP contribution is -2.48. The maximum atomic E-state index is 12.3. The summed E-state index contributed by atoms with van der Waals surface area (Å²) in [4.78, 5) is 4.01. The minimum Gasteiger partial charge on any atom is -0.381 e. The number of benzene rings is 1. The molecule has 0 aromatic heterocycles. The SMILES string of the molecule is CN=C(NCCC(F)(F)F)NCC1(c2ccccc2)CCOCC1.I. The first-order chi connectivity index (χ1) is 11.5. The number of aliphatic imine (C=N–C) groups is 1. The molecule has 25 heavy (non-hydrogen) atoms. The van der Waals surface area contributed by atoms with E-state index in [9.17, 15) is 13.2 Å². The molecule has 142 valence electrons. The maximum absolute atomic E-state index is 12.3. The number of nitrogens with zero attached hydrogens (tertiary/aromatic N) is 1. The molecule has 0 spiro atoms. The largest absolute Gasteiger partial charge is 0.390 e. The zero-order valence-corrected chi connectivity index (χ0v) is 16.6. The van der Waals surface area contributed by atoms with Crippen LogP contribution in [0, 0.1) is 0 Å². The Balaban J connectivity index is 0.00000312. The number of halogens is 4. The summed E-state index contributed by atoms with van der Waals surface area (Å²) in [6, 6.07) is 10.2. The number of hydrogen-bond acceptors (Lipinski definition) is 2. The Morgan fingerprint density at radius 1 is 1.16 bits per heavy atom. The molecular weight excluding hydrogens is 446 g/mol. The van der Waals surface area contributed by atoms with Crippen LogP contribution in [0.25, 0.3) is 0 Å². The zero-order valence-electron chi connectivity index (χ0n) is 14.2. The van der Waals surface area contributed by atoms with Crippen molar-refractivity contribution in [3.8, 4) is 0 Å². The van der Waals surface area contributed by atoms with Crippen LogP contribution in [0.15, 0.2) is 35.3 Å². The van der Waals surface area contributed by atoms with Gasteiger partial charge in [0.05, 0.1) is 6.42 Å². The normalized spacial score (nSPS) is 17.5. The fourth-order valence-corrected chi connectivity index (χ4v) is 2.92. The van der Waals surface area contributed by atoms with E-state index in [1.807, 2.05) is 18.2 Å². The number of rotatable bonds is 5. The van der Waals surface area contributed by atoms with Gasteiger partial charge in [0, 0.05) is 38.8 Å². The van der Waals surface area contributed by atoms with Gasteiger partial charge in [-0.3, -0.25) is 4.99 Å². The summed E-state index contributed by atoms with van der Waals surface area (Å²) in [7, 11) is 1.56. The highest BCUT2D eigenvalue weighted by molar-refractivity contribution is 14.0. The molecule has 0 atom stereocenters. The van der Waals surface area contributed by atoms with Gasteiger partial charge >= 0.3 is 6.18 Å². The van der Waals surface area contributed by atoms with Gasteiger partial charge < -0.3 is 15.4 Å². The van der Waals surface area contributed by atoms with Crippen LogP contribution in [0.5, 0.6) is 0 Å². The first kappa shape index (κ1) is 22.0. The number of hydrogen-bond donors (Lipinski definition) is 2. The van der Waals surface area contributed by atoms with Gasteiger partial charge in [0.25, 0.3) is 0 Å². The summed E-state index contributed by atoms with van der Waals surface area (Å²) in [5, 5.41) is 5.90. The van der Waals surface area contributed by atoms with Crippen LogP contribution >= 0.6 is 24.0 Å². The highest BCUT2D eigenvalue weighted by Crippen LogP contribution is 2.34. The fourth-order valence-electron chi connectivity index (χ4n) is 2.92. The van der Waals surface area contributed by atoms with Crippen LogP contribution in [0.4, 0.5) is 13.2 Å². The third kappa shape index (κ3) is 7.01. The van der Waals surface area contributed by atoms with E-state index in [0.717, 1.165) is 12.8 Å². The van der Waals surface area contributed by atoms with Crippen molar-refractivity contribution in [3.63, 3.8) is 0 Å². The van der Waals surface area contributed by atoms with Crippen molar-refractivity contribution in [1.29, 1.82) is 0 Å². The monoisotopic (exact) mass is 471 g/mol. The van der Waals surface area contributed by atoms with Crippen LogP contribution in [0.3, 0.4) is 0 Å². The van der Waals surface area contributed by atoms with Gasteiger partial charge in [-0.15, -0.1) is 24.0 Å². The Labute approximate surface area is 163 Å². The summed E-state index contributed by atoms with van der Waals surface area (Å²) in [6.45, 7) is 1.77. The summed E-state index contributed by atoms with van der Waals surface area (Å²) < 4.78 is 42.2.